The van der Waals surface area contributed by atoms with Gasteiger partial charge in [-0.25, -0.2) is 0 Å². The van der Waals surface area contributed by atoms with Gasteiger partial charge in [-0.3, -0.25) is 4.79 Å². The van der Waals surface area contributed by atoms with Gasteiger partial charge in [-0.1, -0.05) is 12.8 Å². The van der Waals surface area contributed by atoms with Crippen LogP contribution in [-0.4, -0.2) is 18.0 Å². The van der Waals surface area contributed by atoms with E-state index in [2.05, 4.69) is 12.2 Å². The highest BCUT2D eigenvalue weighted by Crippen LogP contribution is 2.41. The van der Waals surface area contributed by atoms with Crippen LogP contribution in [0.2, 0.25) is 0 Å². The lowest BCUT2D eigenvalue weighted by Gasteiger charge is -2.36. The maximum Gasteiger partial charge on any atom is 0.222 e. The fraction of sp³-hybridized carbons (Fsp3) is 0.909. The summed E-state index contributed by atoms with van der Waals surface area (Å²) in [5.74, 6) is 0.581. The van der Waals surface area contributed by atoms with E-state index in [1.54, 1.807) is 0 Å². The van der Waals surface area contributed by atoms with Gasteiger partial charge in [0.1, 0.15) is 0 Å². The molecule has 1 saturated heterocycles. The van der Waals surface area contributed by atoms with Gasteiger partial charge >= 0.3 is 0 Å². The molecule has 0 aromatic rings. The summed E-state index contributed by atoms with van der Waals surface area (Å²) >= 11 is 0. The van der Waals surface area contributed by atoms with Crippen LogP contribution in [0, 0.1) is 11.8 Å². The lowest BCUT2D eigenvalue weighted by molar-refractivity contribution is -0.123. The first-order valence-electron chi connectivity index (χ1n) is 5.69. The molecule has 2 unspecified atom stereocenters. The zero-order valence-electron chi connectivity index (χ0n) is 8.88. The van der Waals surface area contributed by atoms with E-state index in [1.807, 2.05) is 0 Å². The standard InChI is InChI=1S/C11H20N2O/c1-11(8-4-2-3-5-8)9(10(12)14)6-7-13-11/h8-9,13H,2-7H2,1H3,(H2,12,14). The molecule has 1 heterocycles. The number of carbonyl (C=O) groups excluding carboxylic acids is 1. The zero-order valence-corrected chi connectivity index (χ0v) is 8.88. The number of rotatable bonds is 2. The van der Waals surface area contributed by atoms with E-state index in [4.69, 9.17) is 5.73 Å². The van der Waals surface area contributed by atoms with Crippen molar-refractivity contribution in [1.29, 1.82) is 0 Å². The summed E-state index contributed by atoms with van der Waals surface area (Å²) in [6.07, 6.45) is 6.06. The molecule has 1 aliphatic carbocycles. The molecule has 3 N–H and O–H groups in total. The van der Waals surface area contributed by atoms with E-state index in [9.17, 15) is 4.79 Å². The third-order valence-electron chi connectivity index (χ3n) is 4.21. The van der Waals surface area contributed by atoms with Crippen LogP contribution in [0.3, 0.4) is 0 Å². The first-order chi connectivity index (χ1) is 6.64. The molecule has 0 bridgehead atoms. The Morgan fingerprint density at radius 1 is 1.36 bits per heavy atom. The molecular formula is C11H20N2O. The van der Waals surface area contributed by atoms with Crippen LogP contribution < -0.4 is 11.1 Å². The summed E-state index contributed by atoms with van der Waals surface area (Å²) < 4.78 is 0. The van der Waals surface area contributed by atoms with Gasteiger partial charge in [-0.2, -0.15) is 0 Å². The molecule has 3 nitrogen and oxygen atoms in total. The minimum absolute atomic E-state index is 0.0116. The van der Waals surface area contributed by atoms with E-state index in [1.165, 1.54) is 25.7 Å². The van der Waals surface area contributed by atoms with Crippen molar-refractivity contribution in [2.24, 2.45) is 17.6 Å². The SMILES string of the molecule is CC1(C2CCCC2)NCCC1C(N)=O. The van der Waals surface area contributed by atoms with Gasteiger partial charge in [-0.15, -0.1) is 0 Å². The Balaban J connectivity index is 2.15. The Morgan fingerprint density at radius 2 is 2.00 bits per heavy atom. The van der Waals surface area contributed by atoms with Crippen molar-refractivity contribution in [3.05, 3.63) is 0 Å². The Kier molecular flexibility index (Phi) is 2.52. The van der Waals surface area contributed by atoms with Crippen LogP contribution in [-0.2, 0) is 4.79 Å². The molecule has 0 radical (unpaired) electrons. The Hall–Kier alpha value is -0.570. The van der Waals surface area contributed by atoms with Gasteiger partial charge in [0.15, 0.2) is 0 Å². The van der Waals surface area contributed by atoms with Crippen molar-refractivity contribution in [3.63, 3.8) is 0 Å². The second kappa shape index (κ2) is 3.54. The largest absolute Gasteiger partial charge is 0.369 e. The van der Waals surface area contributed by atoms with Crippen molar-refractivity contribution in [2.75, 3.05) is 6.54 Å². The van der Waals surface area contributed by atoms with Crippen LogP contribution in [0.1, 0.15) is 39.0 Å². The Bertz CT molecular complexity index is 235. The number of nitrogens with one attached hydrogen (secondary N) is 1. The molecular weight excluding hydrogens is 176 g/mol. The molecule has 0 aromatic heterocycles. The lowest BCUT2D eigenvalue weighted by Crippen LogP contribution is -2.51. The van der Waals surface area contributed by atoms with Crippen molar-refractivity contribution in [1.82, 2.24) is 5.32 Å². The fourth-order valence-electron chi connectivity index (χ4n) is 3.30. The second-order valence-corrected chi connectivity index (χ2v) is 4.93. The van der Waals surface area contributed by atoms with Gasteiger partial charge < -0.3 is 11.1 Å². The van der Waals surface area contributed by atoms with Crippen molar-refractivity contribution in [3.8, 4) is 0 Å². The third kappa shape index (κ3) is 1.44. The maximum atomic E-state index is 11.4. The molecule has 2 rings (SSSR count). The molecule has 1 amide bonds. The highest BCUT2D eigenvalue weighted by molar-refractivity contribution is 5.78. The average molecular weight is 196 g/mol. The van der Waals surface area contributed by atoms with E-state index in [0.29, 0.717) is 5.92 Å². The summed E-state index contributed by atoms with van der Waals surface area (Å²) in [5, 5.41) is 3.51. The predicted molar refractivity (Wildman–Crippen MR) is 55.7 cm³/mol. The Morgan fingerprint density at radius 3 is 2.57 bits per heavy atom. The molecule has 80 valence electrons. The van der Waals surface area contributed by atoms with Crippen molar-refractivity contribution >= 4 is 5.91 Å². The monoisotopic (exact) mass is 196 g/mol. The highest BCUT2D eigenvalue weighted by Gasteiger charge is 2.47. The highest BCUT2D eigenvalue weighted by atomic mass is 16.1. The van der Waals surface area contributed by atoms with Crippen LogP contribution in [0.25, 0.3) is 0 Å². The van der Waals surface area contributed by atoms with Gasteiger partial charge in [-0.05, 0) is 38.6 Å². The smallest absolute Gasteiger partial charge is 0.222 e. The van der Waals surface area contributed by atoms with E-state index in [-0.39, 0.29) is 17.4 Å². The summed E-state index contributed by atoms with van der Waals surface area (Å²) in [7, 11) is 0. The summed E-state index contributed by atoms with van der Waals surface area (Å²) in [5.41, 5.74) is 5.45. The van der Waals surface area contributed by atoms with Gasteiger partial charge in [0.25, 0.3) is 0 Å². The minimum atomic E-state index is -0.121. The number of hydrogen-bond donors (Lipinski definition) is 2. The molecule has 3 heteroatoms. The number of carbonyl (C=O) groups is 1. The molecule has 14 heavy (non-hydrogen) atoms. The van der Waals surface area contributed by atoms with Crippen molar-refractivity contribution < 1.29 is 4.79 Å². The normalized spacial score (nSPS) is 39.1. The quantitative estimate of drug-likeness (QED) is 0.693. The maximum absolute atomic E-state index is 11.4. The average Bonchev–Trinajstić information content (AvgIpc) is 2.71. The molecule has 1 saturated carbocycles. The number of hydrogen-bond acceptors (Lipinski definition) is 2. The van der Waals surface area contributed by atoms with Gasteiger partial charge in [0.2, 0.25) is 5.91 Å². The molecule has 0 aromatic carbocycles. The molecule has 0 spiro atoms. The minimum Gasteiger partial charge on any atom is -0.369 e. The van der Waals surface area contributed by atoms with Crippen molar-refractivity contribution in [2.45, 2.75) is 44.6 Å². The first kappa shape index (κ1) is 9.97. The topological polar surface area (TPSA) is 55.1 Å². The van der Waals surface area contributed by atoms with Crippen LogP contribution in [0.5, 0.6) is 0 Å². The number of amides is 1. The molecule has 1 aliphatic heterocycles. The van der Waals surface area contributed by atoms with Gasteiger partial charge in [0, 0.05) is 5.54 Å². The fourth-order valence-corrected chi connectivity index (χ4v) is 3.30. The zero-order chi connectivity index (χ0) is 10.2. The van der Waals surface area contributed by atoms with E-state index >= 15 is 0 Å². The number of nitrogens with two attached hydrogens (primary N) is 1. The summed E-state index contributed by atoms with van der Waals surface area (Å²) in [4.78, 5) is 11.4. The van der Waals surface area contributed by atoms with Gasteiger partial charge in [0.05, 0.1) is 5.92 Å². The number of primary amides is 1. The predicted octanol–water partition coefficient (Wildman–Crippen LogP) is 1.03. The van der Waals surface area contributed by atoms with E-state index in [0.717, 1.165) is 13.0 Å². The molecule has 2 atom stereocenters. The van der Waals surface area contributed by atoms with Crippen LogP contribution in [0.4, 0.5) is 0 Å². The first-order valence-corrected chi connectivity index (χ1v) is 5.69. The molecule has 2 fully saturated rings. The third-order valence-corrected chi connectivity index (χ3v) is 4.21. The molecule has 2 aliphatic rings. The second-order valence-electron chi connectivity index (χ2n) is 4.93. The summed E-state index contributed by atoms with van der Waals surface area (Å²) in [6, 6.07) is 0. The Labute approximate surface area is 85.4 Å². The van der Waals surface area contributed by atoms with Crippen LogP contribution >= 0.6 is 0 Å². The van der Waals surface area contributed by atoms with Crippen LogP contribution in [0.15, 0.2) is 0 Å². The summed E-state index contributed by atoms with van der Waals surface area (Å²) in [6.45, 7) is 3.13. The van der Waals surface area contributed by atoms with E-state index < -0.39 is 0 Å². The lowest BCUT2D eigenvalue weighted by atomic mass is 9.75.